The van der Waals surface area contributed by atoms with Crippen molar-refractivity contribution in [2.75, 3.05) is 7.05 Å². The largest absolute Gasteiger partial charge is 0.373 e. The molecule has 0 radical (unpaired) electrons. The number of nitrogens with one attached hydrogen (secondary N) is 1. The molecule has 0 saturated heterocycles. The van der Waals surface area contributed by atoms with Gasteiger partial charge in [0.05, 0.1) is 17.8 Å². The Bertz CT molecular complexity index is 843. The predicted molar refractivity (Wildman–Crippen MR) is 87.7 cm³/mol. The van der Waals surface area contributed by atoms with E-state index in [1.165, 1.54) is 14.9 Å². The van der Waals surface area contributed by atoms with Crippen LogP contribution in [0.4, 0.5) is 0 Å². The summed E-state index contributed by atoms with van der Waals surface area (Å²) in [6.45, 7) is 1.23. The van der Waals surface area contributed by atoms with Crippen LogP contribution in [0.2, 0.25) is 5.02 Å². The fourth-order valence-corrected chi connectivity index (χ4v) is 2.62. The first-order chi connectivity index (χ1) is 11.1. The van der Waals surface area contributed by atoms with Crippen molar-refractivity contribution in [3.63, 3.8) is 0 Å². The van der Waals surface area contributed by atoms with Crippen LogP contribution in [0, 0.1) is 0 Å². The van der Waals surface area contributed by atoms with Gasteiger partial charge in [-0.05, 0) is 22.6 Å². The van der Waals surface area contributed by atoms with Crippen molar-refractivity contribution in [3.8, 4) is 5.69 Å². The van der Waals surface area contributed by atoms with Crippen LogP contribution in [0.25, 0.3) is 5.69 Å². The minimum Gasteiger partial charge on any atom is -0.315 e. The summed E-state index contributed by atoms with van der Waals surface area (Å²) in [5.41, 5.74) is 1.44. The Labute approximate surface area is 138 Å². The zero-order valence-electron chi connectivity index (χ0n) is 12.7. The van der Waals surface area contributed by atoms with Gasteiger partial charge in [-0.3, -0.25) is 0 Å². The van der Waals surface area contributed by atoms with Gasteiger partial charge in [0, 0.05) is 5.56 Å². The maximum Gasteiger partial charge on any atom is 0.373 e. The first-order valence-electron chi connectivity index (χ1n) is 7.28. The maximum absolute atomic E-state index is 12.4. The van der Waals surface area contributed by atoms with Crippen molar-refractivity contribution in [1.82, 2.24) is 19.8 Å². The Morgan fingerprint density at radius 3 is 2.48 bits per heavy atom. The lowest BCUT2D eigenvalue weighted by Crippen LogP contribution is -3.07. The average Bonchev–Trinajstić information content (AvgIpc) is 2.90. The van der Waals surface area contributed by atoms with Crippen molar-refractivity contribution in [3.05, 3.63) is 75.7 Å². The van der Waals surface area contributed by atoms with E-state index in [4.69, 9.17) is 11.6 Å². The molecule has 1 aromatic heterocycles. The van der Waals surface area contributed by atoms with Crippen molar-refractivity contribution in [2.45, 2.75) is 13.2 Å². The summed E-state index contributed by atoms with van der Waals surface area (Å²) < 4.78 is 2.57. The van der Waals surface area contributed by atoms with Gasteiger partial charge in [-0.2, -0.15) is 4.68 Å². The molecular formula is C16H17ClN5O+. The standard InChI is InChI=1S/C16H16ClN5O/c1-20(11-13-7-3-2-4-8-13)12-21-16(23)22(19-18-21)15-10-6-5-9-14(15)17/h2-10H,11-12H2,1H3/p+1. The van der Waals surface area contributed by atoms with Crippen molar-refractivity contribution in [2.24, 2.45) is 0 Å². The van der Waals surface area contributed by atoms with Gasteiger partial charge in [0.1, 0.15) is 6.54 Å². The lowest BCUT2D eigenvalue weighted by Gasteiger charge is -2.12. The minimum absolute atomic E-state index is 0.300. The number of hydrogen-bond acceptors (Lipinski definition) is 3. The van der Waals surface area contributed by atoms with Crippen LogP contribution in [0.3, 0.4) is 0 Å². The molecular weight excluding hydrogens is 314 g/mol. The third kappa shape index (κ3) is 3.49. The summed E-state index contributed by atoms with van der Waals surface area (Å²) in [6, 6.07) is 17.2. The molecule has 23 heavy (non-hydrogen) atoms. The summed E-state index contributed by atoms with van der Waals surface area (Å²) in [6.07, 6.45) is 0. The van der Waals surface area contributed by atoms with Gasteiger partial charge in [0.15, 0.2) is 6.67 Å². The van der Waals surface area contributed by atoms with Crippen molar-refractivity contribution in [1.29, 1.82) is 0 Å². The zero-order chi connectivity index (χ0) is 16.2. The number of tetrazole rings is 1. The van der Waals surface area contributed by atoms with E-state index in [0.29, 0.717) is 17.4 Å². The van der Waals surface area contributed by atoms with Gasteiger partial charge in [-0.15, -0.1) is 4.68 Å². The second-order valence-electron chi connectivity index (χ2n) is 5.40. The fourth-order valence-electron chi connectivity index (χ4n) is 2.40. The number of para-hydroxylation sites is 1. The minimum atomic E-state index is -0.300. The van der Waals surface area contributed by atoms with E-state index in [2.05, 4.69) is 22.6 Å². The number of aromatic nitrogens is 4. The topological polar surface area (TPSA) is 57.2 Å². The molecule has 0 aliphatic heterocycles. The molecule has 0 fully saturated rings. The highest BCUT2D eigenvalue weighted by atomic mass is 35.5. The monoisotopic (exact) mass is 330 g/mol. The van der Waals surface area contributed by atoms with Gasteiger partial charge in [-0.1, -0.05) is 54.1 Å². The summed E-state index contributed by atoms with van der Waals surface area (Å²) in [5, 5.41) is 8.34. The Morgan fingerprint density at radius 1 is 1.04 bits per heavy atom. The molecule has 0 amide bonds. The van der Waals surface area contributed by atoms with Crippen LogP contribution in [-0.2, 0) is 13.2 Å². The van der Waals surface area contributed by atoms with Gasteiger partial charge in [-0.25, -0.2) is 4.79 Å². The van der Waals surface area contributed by atoms with E-state index >= 15 is 0 Å². The normalized spacial score (nSPS) is 12.3. The number of quaternary nitrogens is 1. The highest BCUT2D eigenvalue weighted by molar-refractivity contribution is 6.32. The summed E-state index contributed by atoms with van der Waals surface area (Å²) >= 11 is 6.11. The summed E-state index contributed by atoms with van der Waals surface area (Å²) in [4.78, 5) is 13.6. The van der Waals surface area contributed by atoms with Gasteiger partial charge < -0.3 is 4.90 Å². The molecule has 1 N–H and O–H groups in total. The smallest absolute Gasteiger partial charge is 0.315 e. The van der Waals surface area contributed by atoms with E-state index in [0.717, 1.165) is 11.4 Å². The number of nitrogens with zero attached hydrogens (tertiary/aromatic N) is 4. The number of halogens is 1. The fraction of sp³-hybridized carbons (Fsp3) is 0.188. The van der Waals surface area contributed by atoms with Gasteiger partial charge in [0.25, 0.3) is 0 Å². The molecule has 0 saturated carbocycles. The van der Waals surface area contributed by atoms with E-state index in [1.807, 2.05) is 25.2 Å². The van der Waals surface area contributed by atoms with Gasteiger partial charge in [0.2, 0.25) is 0 Å². The Hall–Kier alpha value is -2.44. The summed E-state index contributed by atoms with van der Waals surface area (Å²) in [5.74, 6) is 0. The molecule has 3 aromatic rings. The maximum atomic E-state index is 12.4. The van der Waals surface area contributed by atoms with Crippen LogP contribution in [-0.4, -0.2) is 26.8 Å². The van der Waals surface area contributed by atoms with E-state index in [9.17, 15) is 4.79 Å². The molecule has 0 aliphatic carbocycles. The van der Waals surface area contributed by atoms with Crippen LogP contribution >= 0.6 is 11.6 Å². The lowest BCUT2D eigenvalue weighted by atomic mass is 10.2. The first kappa shape index (κ1) is 15.5. The Kier molecular flexibility index (Phi) is 4.55. The molecule has 1 heterocycles. The molecule has 3 rings (SSSR count). The second kappa shape index (κ2) is 6.76. The quantitative estimate of drug-likeness (QED) is 0.751. The summed E-state index contributed by atoms with van der Waals surface area (Å²) in [7, 11) is 2.01. The number of rotatable bonds is 5. The first-order valence-corrected chi connectivity index (χ1v) is 7.66. The van der Waals surface area contributed by atoms with Crippen LogP contribution < -0.4 is 10.6 Å². The molecule has 6 nitrogen and oxygen atoms in total. The second-order valence-corrected chi connectivity index (χ2v) is 5.81. The average molecular weight is 331 g/mol. The van der Waals surface area contributed by atoms with Crippen LogP contribution in [0.1, 0.15) is 5.56 Å². The van der Waals surface area contributed by atoms with Gasteiger partial charge >= 0.3 is 5.69 Å². The molecule has 0 spiro atoms. The SMILES string of the molecule is C[NH+](Cc1ccccc1)Cn1nnn(-c2ccccc2Cl)c1=O. The number of hydrogen-bond donors (Lipinski definition) is 1. The Balaban J connectivity index is 1.78. The zero-order valence-corrected chi connectivity index (χ0v) is 13.4. The Morgan fingerprint density at radius 2 is 1.74 bits per heavy atom. The van der Waals surface area contributed by atoms with E-state index in [1.54, 1.807) is 24.3 Å². The lowest BCUT2D eigenvalue weighted by molar-refractivity contribution is -0.917. The van der Waals surface area contributed by atoms with Crippen LogP contribution in [0.15, 0.2) is 59.4 Å². The molecule has 0 aliphatic rings. The third-order valence-corrected chi connectivity index (χ3v) is 3.81. The molecule has 2 aromatic carbocycles. The molecule has 1 atom stereocenters. The van der Waals surface area contributed by atoms with Crippen LogP contribution in [0.5, 0.6) is 0 Å². The molecule has 118 valence electrons. The highest BCUT2D eigenvalue weighted by Crippen LogP contribution is 2.16. The molecule has 7 heteroatoms. The van der Waals surface area contributed by atoms with E-state index in [-0.39, 0.29) is 5.69 Å². The molecule has 0 bridgehead atoms. The van der Waals surface area contributed by atoms with Crippen molar-refractivity contribution < 1.29 is 4.90 Å². The molecule has 1 unspecified atom stereocenters. The highest BCUT2D eigenvalue weighted by Gasteiger charge is 2.14. The predicted octanol–water partition coefficient (Wildman–Crippen LogP) is 0.755. The third-order valence-electron chi connectivity index (χ3n) is 3.49. The van der Waals surface area contributed by atoms with E-state index < -0.39 is 0 Å². The van der Waals surface area contributed by atoms with Crippen molar-refractivity contribution >= 4 is 11.6 Å². The number of benzene rings is 2.